The lowest BCUT2D eigenvalue weighted by Crippen LogP contribution is -1.90. The van der Waals surface area contributed by atoms with Crippen LogP contribution in [0.15, 0.2) is 60.7 Å². The van der Waals surface area contributed by atoms with Crippen LogP contribution in [0.1, 0.15) is 23.6 Å². The average molecular weight is 208 g/mol. The molecule has 0 aliphatic carbocycles. The Balaban J connectivity index is 2.51. The van der Waals surface area contributed by atoms with Crippen molar-refractivity contribution in [2.75, 3.05) is 0 Å². The van der Waals surface area contributed by atoms with Gasteiger partial charge in [0.05, 0.1) is 0 Å². The molecule has 0 amide bonds. The van der Waals surface area contributed by atoms with Gasteiger partial charge in [-0.05, 0) is 36.1 Å². The van der Waals surface area contributed by atoms with Crippen LogP contribution in [0.2, 0.25) is 0 Å². The fourth-order valence-corrected chi connectivity index (χ4v) is 1.97. The molecule has 0 atom stereocenters. The van der Waals surface area contributed by atoms with Crippen molar-refractivity contribution in [3.05, 3.63) is 77.4 Å². The van der Waals surface area contributed by atoms with E-state index in [4.69, 9.17) is 0 Å². The van der Waals surface area contributed by atoms with E-state index in [0.717, 1.165) is 0 Å². The fourth-order valence-electron chi connectivity index (χ4n) is 1.97. The molecule has 0 radical (unpaired) electrons. The van der Waals surface area contributed by atoms with Gasteiger partial charge in [0, 0.05) is 0 Å². The Morgan fingerprint density at radius 1 is 0.875 bits per heavy atom. The third kappa shape index (κ3) is 2.06. The van der Waals surface area contributed by atoms with E-state index < -0.39 is 0 Å². The van der Waals surface area contributed by atoms with Crippen LogP contribution in [-0.2, 0) is 0 Å². The highest BCUT2D eigenvalue weighted by atomic mass is 14.1. The quantitative estimate of drug-likeness (QED) is 0.684. The average Bonchev–Trinajstić information content (AvgIpc) is 2.34. The predicted octanol–water partition coefficient (Wildman–Crippen LogP) is 4.45. The van der Waals surface area contributed by atoms with Crippen molar-refractivity contribution in [1.29, 1.82) is 0 Å². The normalized spacial score (nSPS) is 11.5. The topological polar surface area (TPSA) is 0 Å². The van der Waals surface area contributed by atoms with Crippen LogP contribution in [0, 0.1) is 6.92 Å². The van der Waals surface area contributed by atoms with Gasteiger partial charge in [-0.2, -0.15) is 0 Å². The minimum absolute atomic E-state index is 1.28. The van der Waals surface area contributed by atoms with Crippen LogP contribution in [-0.4, -0.2) is 0 Å². The Morgan fingerprint density at radius 2 is 1.50 bits per heavy atom. The number of rotatable bonds is 2. The maximum Gasteiger partial charge on any atom is -0.0152 e. The molecular weight excluding hydrogens is 192 g/mol. The molecule has 0 saturated carbocycles. The highest BCUT2D eigenvalue weighted by Gasteiger charge is 2.05. The molecule has 0 saturated heterocycles. The molecule has 0 N–H and O–H groups in total. The summed E-state index contributed by atoms with van der Waals surface area (Å²) in [6, 6.07) is 19.0. The monoisotopic (exact) mass is 208 g/mol. The first-order valence-electron chi connectivity index (χ1n) is 5.60. The maximum atomic E-state index is 2.18. The summed E-state index contributed by atoms with van der Waals surface area (Å²) >= 11 is 0. The summed E-state index contributed by atoms with van der Waals surface area (Å²) in [5, 5.41) is 0. The molecule has 2 rings (SSSR count). The second kappa shape index (κ2) is 4.80. The number of hydrogen-bond donors (Lipinski definition) is 0. The summed E-state index contributed by atoms with van der Waals surface area (Å²) in [5.74, 6) is 0. The van der Waals surface area contributed by atoms with E-state index in [-0.39, 0.29) is 0 Å². The maximum absolute atomic E-state index is 2.18. The summed E-state index contributed by atoms with van der Waals surface area (Å²) in [6.07, 6.45) is 2.18. The van der Waals surface area contributed by atoms with Crippen molar-refractivity contribution < 1.29 is 0 Å². The van der Waals surface area contributed by atoms with Gasteiger partial charge in [-0.25, -0.2) is 0 Å². The fraction of sp³-hybridized carbons (Fsp3) is 0.125. The lowest BCUT2D eigenvalue weighted by molar-refractivity contribution is 1.41. The van der Waals surface area contributed by atoms with E-state index in [1.165, 1.54) is 22.3 Å². The standard InChI is InChI=1S/C16H16/c1-3-15(14-10-5-4-6-11-14)16-12-8-7-9-13(16)2/h3-12H,1-2H3/b15-3-. The summed E-state index contributed by atoms with van der Waals surface area (Å²) < 4.78 is 0. The first kappa shape index (κ1) is 10.7. The van der Waals surface area contributed by atoms with Crippen LogP contribution in [0.4, 0.5) is 0 Å². The van der Waals surface area contributed by atoms with Gasteiger partial charge in [-0.3, -0.25) is 0 Å². The van der Waals surface area contributed by atoms with Gasteiger partial charge < -0.3 is 0 Å². The second-order valence-electron chi connectivity index (χ2n) is 3.88. The minimum Gasteiger partial charge on any atom is -0.0792 e. The Hall–Kier alpha value is -1.82. The third-order valence-electron chi connectivity index (χ3n) is 2.81. The van der Waals surface area contributed by atoms with Gasteiger partial charge in [0.15, 0.2) is 0 Å². The van der Waals surface area contributed by atoms with Gasteiger partial charge in [-0.15, -0.1) is 0 Å². The third-order valence-corrected chi connectivity index (χ3v) is 2.81. The zero-order valence-corrected chi connectivity index (χ0v) is 9.77. The Labute approximate surface area is 97.3 Å². The zero-order valence-electron chi connectivity index (χ0n) is 9.77. The van der Waals surface area contributed by atoms with Crippen LogP contribution in [0.25, 0.3) is 5.57 Å². The molecule has 0 spiro atoms. The van der Waals surface area contributed by atoms with Crippen molar-refractivity contribution in [3.8, 4) is 0 Å². The molecule has 0 aliphatic rings. The van der Waals surface area contributed by atoms with Crippen molar-refractivity contribution in [1.82, 2.24) is 0 Å². The summed E-state index contributed by atoms with van der Waals surface area (Å²) in [5.41, 5.74) is 5.22. The van der Waals surface area contributed by atoms with Crippen LogP contribution < -0.4 is 0 Å². The lowest BCUT2D eigenvalue weighted by atomic mass is 9.94. The van der Waals surface area contributed by atoms with Gasteiger partial charge >= 0.3 is 0 Å². The van der Waals surface area contributed by atoms with E-state index >= 15 is 0 Å². The van der Waals surface area contributed by atoms with Gasteiger partial charge in [0.2, 0.25) is 0 Å². The van der Waals surface area contributed by atoms with Crippen molar-refractivity contribution >= 4 is 5.57 Å². The Morgan fingerprint density at radius 3 is 2.12 bits per heavy atom. The molecule has 2 aromatic rings. The molecule has 0 unspecified atom stereocenters. The van der Waals surface area contributed by atoms with Gasteiger partial charge in [0.1, 0.15) is 0 Å². The summed E-state index contributed by atoms with van der Waals surface area (Å²) in [7, 11) is 0. The van der Waals surface area contributed by atoms with Gasteiger partial charge in [-0.1, -0.05) is 60.7 Å². The van der Waals surface area contributed by atoms with Crippen LogP contribution >= 0.6 is 0 Å². The molecular formula is C16H16. The van der Waals surface area contributed by atoms with E-state index in [2.05, 4.69) is 74.5 Å². The molecule has 0 bridgehead atoms. The Bertz CT molecular complexity index is 492. The molecule has 16 heavy (non-hydrogen) atoms. The minimum atomic E-state index is 1.28. The molecule has 0 fully saturated rings. The molecule has 0 nitrogen and oxygen atoms in total. The molecule has 2 aromatic carbocycles. The highest BCUT2D eigenvalue weighted by Crippen LogP contribution is 2.25. The number of benzene rings is 2. The van der Waals surface area contributed by atoms with Gasteiger partial charge in [0.25, 0.3) is 0 Å². The second-order valence-corrected chi connectivity index (χ2v) is 3.88. The van der Waals surface area contributed by atoms with Crippen LogP contribution in [0.5, 0.6) is 0 Å². The van der Waals surface area contributed by atoms with Crippen molar-refractivity contribution in [3.63, 3.8) is 0 Å². The molecule has 0 heteroatoms. The number of aryl methyl sites for hydroxylation is 1. The number of hydrogen-bond acceptors (Lipinski definition) is 0. The number of allylic oxidation sites excluding steroid dienone is 1. The van der Waals surface area contributed by atoms with Crippen molar-refractivity contribution in [2.45, 2.75) is 13.8 Å². The zero-order chi connectivity index (χ0) is 11.4. The van der Waals surface area contributed by atoms with E-state index in [9.17, 15) is 0 Å². The smallest absolute Gasteiger partial charge is 0.0152 e. The first-order valence-corrected chi connectivity index (χ1v) is 5.60. The predicted molar refractivity (Wildman–Crippen MR) is 70.4 cm³/mol. The first-order chi connectivity index (χ1) is 7.83. The molecule has 0 aliphatic heterocycles. The molecule has 0 heterocycles. The van der Waals surface area contributed by atoms with E-state index in [0.29, 0.717) is 0 Å². The van der Waals surface area contributed by atoms with Crippen LogP contribution in [0.3, 0.4) is 0 Å². The van der Waals surface area contributed by atoms with Crippen molar-refractivity contribution in [2.24, 2.45) is 0 Å². The van der Waals surface area contributed by atoms with E-state index in [1.54, 1.807) is 0 Å². The van der Waals surface area contributed by atoms with E-state index in [1.807, 2.05) is 0 Å². The molecule has 80 valence electrons. The highest BCUT2D eigenvalue weighted by molar-refractivity contribution is 5.80. The SMILES string of the molecule is C/C=C(/c1ccccc1)c1ccccc1C. The Kier molecular flexibility index (Phi) is 3.21. The summed E-state index contributed by atoms with van der Waals surface area (Å²) in [6.45, 7) is 4.25. The summed E-state index contributed by atoms with van der Waals surface area (Å²) in [4.78, 5) is 0. The lowest BCUT2D eigenvalue weighted by Gasteiger charge is -2.10. The largest absolute Gasteiger partial charge is 0.0792 e. The molecule has 0 aromatic heterocycles.